The van der Waals surface area contributed by atoms with Gasteiger partial charge in [-0.15, -0.1) is 0 Å². The molecule has 2 atom stereocenters. The maximum absolute atomic E-state index is 12.9. The van der Waals surface area contributed by atoms with Crippen LogP contribution in [0.1, 0.15) is 81.6 Å². The summed E-state index contributed by atoms with van der Waals surface area (Å²) in [5.74, 6) is 1.10. The lowest BCUT2D eigenvalue weighted by Crippen LogP contribution is -2.48. The first-order chi connectivity index (χ1) is 13.0. The van der Waals surface area contributed by atoms with Crippen molar-refractivity contribution in [2.45, 2.75) is 98.9 Å². The standard InChI is InChI=1S/C23H41N3O2S/c1-21(2,3)18-17-13-15(25(10)29(27,28)16-11-12-16)14-26(17)20(23(7,8)9)24-19(18)22(4,5)6/h15-16,19H,11-14H2,1-10H3/t15?,19-/m1/s1. The Morgan fingerprint density at radius 2 is 1.52 bits per heavy atom. The molecule has 0 aromatic heterocycles. The van der Waals surface area contributed by atoms with Crippen LogP contribution in [0.2, 0.25) is 0 Å². The van der Waals surface area contributed by atoms with Crippen molar-refractivity contribution >= 4 is 15.9 Å². The number of sulfonamides is 1. The number of amidine groups is 1. The number of fused-ring (bicyclic) bond motifs is 1. The second-order valence-corrected chi connectivity index (χ2v) is 14.6. The first-order valence-corrected chi connectivity index (χ1v) is 12.5. The Balaban J connectivity index is 2.11. The van der Waals surface area contributed by atoms with Gasteiger partial charge >= 0.3 is 0 Å². The fourth-order valence-electron chi connectivity index (χ4n) is 4.72. The Morgan fingerprint density at radius 1 is 0.966 bits per heavy atom. The smallest absolute Gasteiger partial charge is 0.217 e. The molecule has 0 N–H and O–H groups in total. The van der Waals surface area contributed by atoms with Gasteiger partial charge in [0.25, 0.3) is 0 Å². The third kappa shape index (κ3) is 4.16. The average molecular weight is 424 g/mol. The zero-order valence-electron chi connectivity index (χ0n) is 20.1. The Bertz CT molecular complexity index is 831. The van der Waals surface area contributed by atoms with Crippen molar-refractivity contribution < 1.29 is 8.42 Å². The van der Waals surface area contributed by atoms with Crippen molar-refractivity contribution in [2.75, 3.05) is 13.6 Å². The molecule has 0 aromatic rings. The van der Waals surface area contributed by atoms with Crippen LogP contribution < -0.4 is 0 Å². The molecule has 0 radical (unpaired) electrons. The summed E-state index contributed by atoms with van der Waals surface area (Å²) in [5.41, 5.74) is 2.56. The van der Waals surface area contributed by atoms with Crippen LogP contribution in [0.4, 0.5) is 0 Å². The van der Waals surface area contributed by atoms with Crippen LogP contribution >= 0.6 is 0 Å². The lowest BCUT2D eigenvalue weighted by Gasteiger charge is -2.45. The maximum atomic E-state index is 12.9. The number of hydrogen-bond acceptors (Lipinski definition) is 4. The minimum absolute atomic E-state index is 0.00226. The molecule has 0 spiro atoms. The monoisotopic (exact) mass is 423 g/mol. The van der Waals surface area contributed by atoms with Crippen molar-refractivity contribution in [1.82, 2.24) is 9.21 Å². The van der Waals surface area contributed by atoms with E-state index in [9.17, 15) is 8.42 Å². The van der Waals surface area contributed by atoms with Crippen molar-refractivity contribution in [3.05, 3.63) is 11.3 Å². The molecule has 5 nitrogen and oxygen atoms in total. The molecule has 29 heavy (non-hydrogen) atoms. The molecule has 3 rings (SSSR count). The van der Waals surface area contributed by atoms with Crippen LogP contribution in [0.3, 0.4) is 0 Å². The summed E-state index contributed by atoms with van der Waals surface area (Å²) in [7, 11) is -1.41. The van der Waals surface area contributed by atoms with Gasteiger partial charge in [-0.05, 0) is 29.2 Å². The summed E-state index contributed by atoms with van der Waals surface area (Å²) in [6.07, 6.45) is 2.39. The highest BCUT2D eigenvalue weighted by Gasteiger charge is 2.49. The number of hydrogen-bond donors (Lipinski definition) is 0. The molecule has 1 aliphatic carbocycles. The lowest BCUT2D eigenvalue weighted by atomic mass is 9.70. The Kier molecular flexibility index (Phi) is 5.35. The Labute approximate surface area is 178 Å². The average Bonchev–Trinajstić information content (AvgIpc) is 3.29. The second kappa shape index (κ2) is 6.81. The van der Waals surface area contributed by atoms with Gasteiger partial charge in [-0.1, -0.05) is 62.3 Å². The first-order valence-electron chi connectivity index (χ1n) is 11.0. The highest BCUT2D eigenvalue weighted by molar-refractivity contribution is 7.90. The predicted octanol–water partition coefficient (Wildman–Crippen LogP) is 4.66. The van der Waals surface area contributed by atoms with Crippen molar-refractivity contribution in [3.63, 3.8) is 0 Å². The fraction of sp³-hybridized carbons (Fsp3) is 0.870. The summed E-state index contributed by atoms with van der Waals surface area (Å²) in [6.45, 7) is 20.9. The van der Waals surface area contributed by atoms with Gasteiger partial charge in [-0.25, -0.2) is 8.42 Å². The topological polar surface area (TPSA) is 53.0 Å². The van der Waals surface area contributed by atoms with E-state index in [-0.39, 0.29) is 33.6 Å². The molecule has 1 saturated carbocycles. The molecule has 0 aromatic carbocycles. The molecule has 6 heteroatoms. The van der Waals surface area contributed by atoms with E-state index in [1.54, 1.807) is 11.4 Å². The quantitative estimate of drug-likeness (QED) is 0.663. The zero-order chi connectivity index (χ0) is 22.2. The van der Waals surface area contributed by atoms with Crippen LogP contribution in [-0.4, -0.2) is 54.4 Å². The van der Waals surface area contributed by atoms with Crippen molar-refractivity contribution in [2.24, 2.45) is 21.2 Å². The van der Waals surface area contributed by atoms with Crippen LogP contribution in [0.25, 0.3) is 0 Å². The molecule has 0 amide bonds. The van der Waals surface area contributed by atoms with Gasteiger partial charge in [0.15, 0.2) is 0 Å². The van der Waals surface area contributed by atoms with E-state index in [4.69, 9.17) is 4.99 Å². The van der Waals surface area contributed by atoms with Gasteiger partial charge in [0.1, 0.15) is 5.84 Å². The minimum Gasteiger partial charge on any atom is -0.332 e. The molecule has 1 saturated heterocycles. The largest absolute Gasteiger partial charge is 0.332 e. The number of nitrogens with zero attached hydrogens (tertiary/aromatic N) is 3. The fourth-order valence-corrected chi connectivity index (χ4v) is 6.48. The van der Waals surface area contributed by atoms with Gasteiger partial charge < -0.3 is 4.90 Å². The molecule has 2 aliphatic heterocycles. The van der Waals surface area contributed by atoms with Gasteiger partial charge in [-0.2, -0.15) is 4.31 Å². The second-order valence-electron chi connectivity index (χ2n) is 12.3. The van der Waals surface area contributed by atoms with Crippen LogP contribution in [0, 0.1) is 16.2 Å². The van der Waals surface area contributed by atoms with Gasteiger partial charge in [-0.3, -0.25) is 4.99 Å². The molecule has 2 heterocycles. The van der Waals surface area contributed by atoms with Gasteiger partial charge in [0.2, 0.25) is 10.0 Å². The van der Waals surface area contributed by atoms with E-state index < -0.39 is 10.0 Å². The van der Waals surface area contributed by atoms with E-state index in [0.29, 0.717) is 6.54 Å². The SMILES string of the molecule is CN(C1CC2=C(C(C)(C)C)[C@H](C(C)(C)C)N=C(C(C)(C)C)N2C1)S(=O)(=O)C1CC1. The minimum atomic E-state index is -3.20. The van der Waals surface area contributed by atoms with Crippen molar-refractivity contribution in [3.8, 4) is 0 Å². The molecule has 0 bridgehead atoms. The van der Waals surface area contributed by atoms with Crippen LogP contribution in [0.15, 0.2) is 16.3 Å². The summed E-state index contributed by atoms with van der Waals surface area (Å²) >= 11 is 0. The third-order valence-corrected chi connectivity index (χ3v) is 8.81. The maximum Gasteiger partial charge on any atom is 0.217 e. The molecule has 3 aliphatic rings. The summed E-state index contributed by atoms with van der Waals surface area (Å²) in [6, 6.07) is 0.0753. The van der Waals surface area contributed by atoms with Crippen LogP contribution in [0.5, 0.6) is 0 Å². The van der Waals surface area contributed by atoms with E-state index in [1.807, 2.05) is 0 Å². The number of aliphatic imine (C=N–C) groups is 1. The molecule has 1 unspecified atom stereocenters. The predicted molar refractivity (Wildman–Crippen MR) is 121 cm³/mol. The van der Waals surface area contributed by atoms with E-state index in [1.165, 1.54) is 11.3 Å². The Hall–Kier alpha value is -0.880. The molecule has 166 valence electrons. The third-order valence-electron chi connectivity index (χ3n) is 6.40. The van der Waals surface area contributed by atoms with Gasteiger partial charge in [0.05, 0.1) is 11.3 Å². The number of rotatable bonds is 3. The lowest BCUT2D eigenvalue weighted by molar-refractivity contribution is 0.284. The van der Waals surface area contributed by atoms with Crippen LogP contribution in [-0.2, 0) is 10.0 Å². The zero-order valence-corrected chi connectivity index (χ0v) is 20.9. The first kappa shape index (κ1) is 22.8. The molecular weight excluding hydrogens is 382 g/mol. The highest BCUT2D eigenvalue weighted by Crippen LogP contribution is 2.48. The summed E-state index contributed by atoms with van der Waals surface area (Å²) < 4.78 is 27.5. The summed E-state index contributed by atoms with van der Waals surface area (Å²) in [5, 5.41) is -0.167. The van der Waals surface area contributed by atoms with Crippen molar-refractivity contribution in [1.29, 1.82) is 0 Å². The Morgan fingerprint density at radius 3 is 1.93 bits per heavy atom. The highest BCUT2D eigenvalue weighted by atomic mass is 32.2. The van der Waals surface area contributed by atoms with Gasteiger partial charge in [0, 0.05) is 37.2 Å². The molecular formula is C23H41N3O2S. The van der Waals surface area contributed by atoms with E-state index >= 15 is 0 Å². The number of likely N-dealkylation sites (N-methyl/N-ethyl adjacent to an activating group) is 1. The molecule has 2 fully saturated rings. The normalized spacial score (nSPS) is 26.9. The van der Waals surface area contributed by atoms with E-state index in [2.05, 4.69) is 67.2 Å². The summed E-state index contributed by atoms with van der Waals surface area (Å²) in [4.78, 5) is 7.69. The van der Waals surface area contributed by atoms with E-state index in [0.717, 1.165) is 25.1 Å².